The largest absolute Gasteiger partial charge is 0.345 e. The van der Waals surface area contributed by atoms with Crippen LogP contribution in [0.4, 0.5) is 0 Å². The maximum atomic E-state index is 13.1. The predicted octanol–water partition coefficient (Wildman–Crippen LogP) is 5.08. The van der Waals surface area contributed by atoms with Crippen molar-refractivity contribution in [2.24, 2.45) is 0 Å². The van der Waals surface area contributed by atoms with Crippen LogP contribution in [-0.2, 0) is 0 Å². The highest BCUT2D eigenvalue weighted by atomic mass is 35.5. The summed E-state index contributed by atoms with van der Waals surface area (Å²) in [4.78, 5) is 17.3. The summed E-state index contributed by atoms with van der Waals surface area (Å²) in [5.74, 6) is -0.200. The number of benzene rings is 2. The maximum Gasteiger partial charge on any atom is 0.255 e. The zero-order valence-corrected chi connectivity index (χ0v) is 16.5. The van der Waals surface area contributed by atoms with Crippen LogP contribution in [0.1, 0.15) is 28.9 Å². The Labute approximate surface area is 174 Å². The number of nitrogens with one attached hydrogen (secondary N) is 1. The van der Waals surface area contributed by atoms with Crippen LogP contribution in [0.2, 0.25) is 5.02 Å². The van der Waals surface area contributed by atoms with Crippen LogP contribution >= 0.6 is 11.6 Å². The van der Waals surface area contributed by atoms with Crippen molar-refractivity contribution in [3.05, 3.63) is 101 Å². The highest BCUT2D eigenvalue weighted by Gasteiger charge is 2.20. The van der Waals surface area contributed by atoms with E-state index in [1.807, 2.05) is 73.7 Å². The molecule has 1 amide bonds. The lowest BCUT2D eigenvalue weighted by Crippen LogP contribution is -2.26. The van der Waals surface area contributed by atoms with Crippen molar-refractivity contribution in [1.82, 2.24) is 20.1 Å². The summed E-state index contributed by atoms with van der Waals surface area (Å²) in [7, 11) is 0. The standard InChI is InChI=1S/C23H19ClN4O/c1-16(17-9-11-19(24)12-10-17)26-23(29)21-15-28(20-7-3-2-4-8-20)27-22(21)18-6-5-13-25-14-18/h2-16H,1H3,(H,26,29)/t16-/m0/s1. The van der Waals surface area contributed by atoms with Crippen LogP contribution in [0.3, 0.4) is 0 Å². The highest BCUT2D eigenvalue weighted by molar-refractivity contribution is 6.30. The number of hydrogen-bond acceptors (Lipinski definition) is 3. The molecule has 6 heteroatoms. The summed E-state index contributed by atoms with van der Waals surface area (Å²) in [6.45, 7) is 1.94. The van der Waals surface area contributed by atoms with Gasteiger partial charge in [-0.05, 0) is 48.9 Å². The average molecular weight is 403 g/mol. The quantitative estimate of drug-likeness (QED) is 0.506. The van der Waals surface area contributed by atoms with Crippen molar-refractivity contribution < 1.29 is 4.79 Å². The molecule has 0 fully saturated rings. The summed E-state index contributed by atoms with van der Waals surface area (Å²) in [6.07, 6.45) is 5.15. The molecule has 0 aliphatic carbocycles. The lowest BCUT2D eigenvalue weighted by atomic mass is 10.1. The molecule has 0 aliphatic rings. The molecule has 144 valence electrons. The molecular weight excluding hydrogens is 384 g/mol. The first-order valence-electron chi connectivity index (χ1n) is 9.23. The van der Waals surface area contributed by atoms with Crippen molar-refractivity contribution in [3.63, 3.8) is 0 Å². The molecule has 2 aromatic heterocycles. The van der Waals surface area contributed by atoms with Gasteiger partial charge in [-0.3, -0.25) is 9.78 Å². The minimum atomic E-state index is -0.200. The summed E-state index contributed by atoms with van der Waals surface area (Å²) >= 11 is 5.96. The molecule has 5 nitrogen and oxygen atoms in total. The zero-order valence-electron chi connectivity index (χ0n) is 15.8. The van der Waals surface area contributed by atoms with Gasteiger partial charge in [0.05, 0.1) is 17.3 Å². The number of carbonyl (C=O) groups excluding carboxylic acids is 1. The summed E-state index contributed by atoms with van der Waals surface area (Å²) in [5, 5.41) is 8.38. The molecule has 4 aromatic rings. The third-order valence-corrected chi connectivity index (χ3v) is 4.88. The van der Waals surface area contributed by atoms with E-state index < -0.39 is 0 Å². The Morgan fingerprint density at radius 1 is 1.03 bits per heavy atom. The minimum Gasteiger partial charge on any atom is -0.345 e. The van der Waals surface area contributed by atoms with E-state index >= 15 is 0 Å². The van der Waals surface area contributed by atoms with E-state index in [4.69, 9.17) is 11.6 Å². The van der Waals surface area contributed by atoms with Gasteiger partial charge in [-0.1, -0.05) is 41.9 Å². The van der Waals surface area contributed by atoms with Gasteiger partial charge < -0.3 is 5.32 Å². The number of halogens is 1. The molecular formula is C23H19ClN4O. The Balaban J connectivity index is 1.68. The van der Waals surface area contributed by atoms with E-state index in [1.165, 1.54) is 0 Å². The average Bonchev–Trinajstić information content (AvgIpc) is 3.21. The monoisotopic (exact) mass is 402 g/mol. The number of pyridine rings is 1. The molecule has 2 heterocycles. The van der Waals surface area contributed by atoms with Crippen LogP contribution < -0.4 is 5.32 Å². The Hall–Kier alpha value is -3.44. The van der Waals surface area contributed by atoms with E-state index in [0.717, 1.165) is 16.8 Å². The Morgan fingerprint density at radius 3 is 2.48 bits per heavy atom. The van der Waals surface area contributed by atoms with E-state index in [9.17, 15) is 4.79 Å². The smallest absolute Gasteiger partial charge is 0.255 e. The normalized spacial score (nSPS) is 11.8. The fourth-order valence-corrected chi connectivity index (χ4v) is 3.20. The molecule has 2 aromatic carbocycles. The number of rotatable bonds is 5. The first-order valence-corrected chi connectivity index (χ1v) is 9.61. The fraction of sp³-hybridized carbons (Fsp3) is 0.0870. The number of aromatic nitrogens is 3. The molecule has 0 aliphatic heterocycles. The first-order chi connectivity index (χ1) is 14.1. The molecule has 0 spiro atoms. The van der Waals surface area contributed by atoms with E-state index in [-0.39, 0.29) is 11.9 Å². The van der Waals surface area contributed by atoms with Crippen LogP contribution in [0.25, 0.3) is 16.9 Å². The van der Waals surface area contributed by atoms with Crippen LogP contribution in [0.15, 0.2) is 85.3 Å². The van der Waals surface area contributed by atoms with E-state index in [1.54, 1.807) is 23.3 Å². The van der Waals surface area contributed by atoms with Crippen molar-refractivity contribution in [1.29, 1.82) is 0 Å². The van der Waals surface area contributed by atoms with Gasteiger partial charge in [0, 0.05) is 29.2 Å². The minimum absolute atomic E-state index is 0.179. The summed E-state index contributed by atoms with van der Waals surface area (Å²) in [6, 6.07) is 20.7. The highest BCUT2D eigenvalue weighted by Crippen LogP contribution is 2.24. The Bertz CT molecular complexity index is 1110. The lowest BCUT2D eigenvalue weighted by Gasteiger charge is -2.14. The number of para-hydroxylation sites is 1. The van der Waals surface area contributed by atoms with Gasteiger partial charge in [0.2, 0.25) is 0 Å². The molecule has 0 saturated carbocycles. The molecule has 0 radical (unpaired) electrons. The number of hydrogen-bond donors (Lipinski definition) is 1. The Kier molecular flexibility index (Phi) is 5.40. The van der Waals surface area contributed by atoms with Gasteiger partial charge in [0.1, 0.15) is 5.69 Å². The molecule has 0 saturated heterocycles. The van der Waals surface area contributed by atoms with Crippen LogP contribution in [0.5, 0.6) is 0 Å². The van der Waals surface area contributed by atoms with Gasteiger partial charge >= 0.3 is 0 Å². The van der Waals surface area contributed by atoms with Crippen molar-refractivity contribution in [2.45, 2.75) is 13.0 Å². The second-order valence-corrected chi connectivity index (χ2v) is 7.10. The Morgan fingerprint density at radius 2 is 1.79 bits per heavy atom. The molecule has 0 bridgehead atoms. The van der Waals surface area contributed by atoms with Crippen molar-refractivity contribution in [2.75, 3.05) is 0 Å². The van der Waals surface area contributed by atoms with Crippen LogP contribution in [0, 0.1) is 0 Å². The number of nitrogens with zero attached hydrogens (tertiary/aromatic N) is 3. The van der Waals surface area contributed by atoms with Gasteiger partial charge in [0.15, 0.2) is 0 Å². The van der Waals surface area contributed by atoms with Crippen molar-refractivity contribution >= 4 is 17.5 Å². The van der Waals surface area contributed by atoms with Gasteiger partial charge in [-0.25, -0.2) is 4.68 Å². The zero-order chi connectivity index (χ0) is 20.2. The van der Waals surface area contributed by atoms with Crippen LogP contribution in [-0.4, -0.2) is 20.7 Å². The first kappa shape index (κ1) is 18.9. The van der Waals surface area contributed by atoms with Gasteiger partial charge in [0.25, 0.3) is 5.91 Å². The number of amides is 1. The van der Waals surface area contributed by atoms with Crippen molar-refractivity contribution in [3.8, 4) is 16.9 Å². The summed E-state index contributed by atoms with van der Waals surface area (Å²) < 4.78 is 1.71. The van der Waals surface area contributed by atoms with E-state index in [2.05, 4.69) is 15.4 Å². The second kappa shape index (κ2) is 8.29. The predicted molar refractivity (Wildman–Crippen MR) is 114 cm³/mol. The third-order valence-electron chi connectivity index (χ3n) is 4.63. The van der Waals surface area contributed by atoms with Gasteiger partial charge in [-0.15, -0.1) is 0 Å². The summed E-state index contributed by atoms with van der Waals surface area (Å²) in [5.41, 5.74) is 3.71. The third kappa shape index (κ3) is 4.20. The molecule has 1 N–H and O–H groups in total. The molecule has 29 heavy (non-hydrogen) atoms. The molecule has 0 unspecified atom stereocenters. The number of carbonyl (C=O) groups is 1. The molecule has 1 atom stereocenters. The topological polar surface area (TPSA) is 59.8 Å². The second-order valence-electron chi connectivity index (χ2n) is 6.66. The fourth-order valence-electron chi connectivity index (χ4n) is 3.08. The van der Waals surface area contributed by atoms with E-state index in [0.29, 0.717) is 16.3 Å². The van der Waals surface area contributed by atoms with Gasteiger partial charge in [-0.2, -0.15) is 5.10 Å². The maximum absolute atomic E-state index is 13.1. The SMILES string of the molecule is C[C@H](NC(=O)c1cn(-c2ccccc2)nc1-c1cccnc1)c1ccc(Cl)cc1. The molecule has 4 rings (SSSR count). The lowest BCUT2D eigenvalue weighted by molar-refractivity contribution is 0.0940.